The molecule has 0 radical (unpaired) electrons. The van der Waals surface area contributed by atoms with Gasteiger partial charge in [0, 0.05) is 23.8 Å². The van der Waals surface area contributed by atoms with Crippen LogP contribution in [0.5, 0.6) is 0 Å². The molecule has 0 saturated carbocycles. The van der Waals surface area contributed by atoms with Crippen molar-refractivity contribution in [2.45, 2.75) is 53.2 Å². The fraction of sp³-hybridized carbons (Fsp3) is 0.444. The monoisotopic (exact) mass is 358 g/mol. The Morgan fingerprint density at radius 1 is 1.27 bits per heavy atom. The molecule has 1 unspecified atom stereocenters. The summed E-state index contributed by atoms with van der Waals surface area (Å²) in [5, 5.41) is 16.3. The first kappa shape index (κ1) is 19.4. The first-order valence-electron chi connectivity index (χ1n) is 8.77. The van der Waals surface area contributed by atoms with E-state index in [0.717, 1.165) is 18.5 Å². The standard InChI is InChI=1S/C18H26N6O2/c1-5-13(4)21-17(25)14-7-8-15(12(3)9-14)22-18(26)19-10-16-23-20-11-24(16)6-2/h7-9,11,13H,5-6,10H2,1-4H3,(H,21,25)(H2,19,22,26). The zero-order chi connectivity index (χ0) is 19.1. The molecule has 0 spiro atoms. The number of aryl methyl sites for hydroxylation is 2. The summed E-state index contributed by atoms with van der Waals surface area (Å²) in [6, 6.07) is 4.98. The molecule has 1 aromatic heterocycles. The van der Waals surface area contributed by atoms with Crippen LogP contribution in [0.1, 0.15) is 48.9 Å². The molecule has 0 fully saturated rings. The van der Waals surface area contributed by atoms with E-state index in [1.165, 1.54) is 0 Å². The van der Waals surface area contributed by atoms with Crippen LogP contribution < -0.4 is 16.0 Å². The second kappa shape index (κ2) is 8.98. The summed E-state index contributed by atoms with van der Waals surface area (Å²) >= 11 is 0. The Hall–Kier alpha value is -2.90. The highest BCUT2D eigenvalue weighted by atomic mass is 16.2. The third-order valence-electron chi connectivity index (χ3n) is 4.17. The molecule has 1 aromatic carbocycles. The van der Waals surface area contributed by atoms with Gasteiger partial charge in [0.05, 0.1) is 6.54 Å². The van der Waals surface area contributed by atoms with Crippen molar-refractivity contribution < 1.29 is 9.59 Å². The Bertz CT molecular complexity index is 771. The highest BCUT2D eigenvalue weighted by Crippen LogP contribution is 2.16. The maximum Gasteiger partial charge on any atom is 0.319 e. The molecule has 1 atom stereocenters. The summed E-state index contributed by atoms with van der Waals surface area (Å²) in [4.78, 5) is 24.3. The van der Waals surface area contributed by atoms with Crippen LogP contribution in [0.2, 0.25) is 0 Å². The number of rotatable bonds is 7. The van der Waals surface area contributed by atoms with E-state index in [0.29, 0.717) is 17.1 Å². The summed E-state index contributed by atoms with van der Waals surface area (Å²) in [5.41, 5.74) is 2.04. The van der Waals surface area contributed by atoms with Crippen LogP contribution in [0, 0.1) is 6.92 Å². The lowest BCUT2D eigenvalue weighted by molar-refractivity contribution is 0.0939. The largest absolute Gasteiger partial charge is 0.350 e. The number of hydrogen-bond donors (Lipinski definition) is 3. The average Bonchev–Trinajstić information content (AvgIpc) is 3.09. The number of carbonyl (C=O) groups is 2. The SMILES string of the molecule is CCC(C)NC(=O)c1ccc(NC(=O)NCc2nncn2CC)c(C)c1. The van der Waals surface area contributed by atoms with E-state index in [2.05, 4.69) is 26.1 Å². The molecule has 0 aliphatic rings. The number of nitrogens with zero attached hydrogens (tertiary/aromatic N) is 3. The molecule has 3 amide bonds. The van der Waals surface area contributed by atoms with E-state index < -0.39 is 0 Å². The molecule has 1 heterocycles. The van der Waals surface area contributed by atoms with Crippen LogP contribution in [0.25, 0.3) is 0 Å². The minimum Gasteiger partial charge on any atom is -0.350 e. The van der Waals surface area contributed by atoms with Gasteiger partial charge in [0.1, 0.15) is 6.33 Å². The molecule has 26 heavy (non-hydrogen) atoms. The highest BCUT2D eigenvalue weighted by Gasteiger charge is 2.12. The molecule has 0 aliphatic carbocycles. The number of urea groups is 1. The quantitative estimate of drug-likeness (QED) is 0.707. The predicted molar refractivity (Wildman–Crippen MR) is 100.0 cm³/mol. The lowest BCUT2D eigenvalue weighted by atomic mass is 10.1. The minimum absolute atomic E-state index is 0.114. The van der Waals surface area contributed by atoms with Crippen LogP contribution in [0.15, 0.2) is 24.5 Å². The Balaban J connectivity index is 1.94. The summed E-state index contributed by atoms with van der Waals surface area (Å²) in [6.07, 6.45) is 2.50. The van der Waals surface area contributed by atoms with Gasteiger partial charge in [-0.25, -0.2) is 4.79 Å². The number of hydrogen-bond acceptors (Lipinski definition) is 4. The molecular weight excluding hydrogens is 332 g/mol. The maximum atomic E-state index is 12.2. The zero-order valence-corrected chi connectivity index (χ0v) is 15.7. The third kappa shape index (κ3) is 5.05. The van der Waals surface area contributed by atoms with Crippen molar-refractivity contribution in [3.05, 3.63) is 41.5 Å². The van der Waals surface area contributed by atoms with Gasteiger partial charge >= 0.3 is 6.03 Å². The lowest BCUT2D eigenvalue weighted by Crippen LogP contribution is -2.32. The van der Waals surface area contributed by atoms with Gasteiger partial charge in [-0.1, -0.05) is 6.92 Å². The molecule has 8 nitrogen and oxygen atoms in total. The second-order valence-corrected chi connectivity index (χ2v) is 6.15. The zero-order valence-electron chi connectivity index (χ0n) is 15.7. The number of amides is 3. The number of aromatic nitrogens is 3. The van der Waals surface area contributed by atoms with E-state index >= 15 is 0 Å². The fourth-order valence-corrected chi connectivity index (χ4v) is 2.36. The van der Waals surface area contributed by atoms with Gasteiger partial charge in [-0.05, 0) is 51.0 Å². The summed E-state index contributed by atoms with van der Waals surface area (Å²) in [6.45, 7) is 8.84. The number of carbonyl (C=O) groups excluding carboxylic acids is 2. The molecule has 3 N–H and O–H groups in total. The summed E-state index contributed by atoms with van der Waals surface area (Å²) in [7, 11) is 0. The van der Waals surface area contributed by atoms with Crippen molar-refractivity contribution in [2.75, 3.05) is 5.32 Å². The molecule has 0 aliphatic heterocycles. The number of benzene rings is 1. The Labute approximate surface area is 153 Å². The van der Waals surface area contributed by atoms with Crippen molar-refractivity contribution >= 4 is 17.6 Å². The van der Waals surface area contributed by atoms with Crippen molar-refractivity contribution in [1.29, 1.82) is 0 Å². The molecule has 2 rings (SSSR count). The highest BCUT2D eigenvalue weighted by molar-refractivity contribution is 5.96. The molecule has 8 heteroatoms. The van der Waals surface area contributed by atoms with E-state index in [1.807, 2.05) is 32.3 Å². The van der Waals surface area contributed by atoms with Gasteiger partial charge in [0.25, 0.3) is 5.91 Å². The Morgan fingerprint density at radius 3 is 2.69 bits per heavy atom. The molecule has 140 valence electrons. The maximum absolute atomic E-state index is 12.2. The number of anilines is 1. The summed E-state index contributed by atoms with van der Waals surface area (Å²) in [5.74, 6) is 0.578. The molecule has 0 saturated heterocycles. The van der Waals surface area contributed by atoms with Crippen LogP contribution in [0.3, 0.4) is 0 Å². The Kier molecular flexibility index (Phi) is 6.71. The van der Waals surface area contributed by atoms with Crippen LogP contribution in [-0.2, 0) is 13.1 Å². The fourth-order valence-electron chi connectivity index (χ4n) is 2.36. The molecule has 0 bridgehead atoms. The van der Waals surface area contributed by atoms with E-state index in [1.54, 1.807) is 24.5 Å². The van der Waals surface area contributed by atoms with Gasteiger partial charge in [-0.2, -0.15) is 0 Å². The van der Waals surface area contributed by atoms with Gasteiger partial charge in [-0.15, -0.1) is 10.2 Å². The summed E-state index contributed by atoms with van der Waals surface area (Å²) < 4.78 is 1.86. The minimum atomic E-state index is -0.337. The van der Waals surface area contributed by atoms with Crippen molar-refractivity contribution in [3.63, 3.8) is 0 Å². The Morgan fingerprint density at radius 2 is 2.04 bits per heavy atom. The molecule has 2 aromatic rings. The van der Waals surface area contributed by atoms with Crippen LogP contribution in [0.4, 0.5) is 10.5 Å². The van der Waals surface area contributed by atoms with Crippen LogP contribution in [-0.4, -0.2) is 32.7 Å². The van der Waals surface area contributed by atoms with Crippen molar-refractivity contribution in [1.82, 2.24) is 25.4 Å². The second-order valence-electron chi connectivity index (χ2n) is 6.15. The number of nitrogens with one attached hydrogen (secondary N) is 3. The van der Waals surface area contributed by atoms with Crippen molar-refractivity contribution in [3.8, 4) is 0 Å². The van der Waals surface area contributed by atoms with Gasteiger partial charge < -0.3 is 20.5 Å². The predicted octanol–water partition coefficient (Wildman–Crippen LogP) is 2.46. The third-order valence-corrected chi connectivity index (χ3v) is 4.17. The lowest BCUT2D eigenvalue weighted by Gasteiger charge is -2.14. The smallest absolute Gasteiger partial charge is 0.319 e. The van der Waals surface area contributed by atoms with Gasteiger partial charge in [0.15, 0.2) is 5.82 Å². The average molecular weight is 358 g/mol. The first-order valence-corrected chi connectivity index (χ1v) is 8.77. The van der Waals surface area contributed by atoms with Crippen LogP contribution >= 0.6 is 0 Å². The first-order chi connectivity index (χ1) is 12.4. The van der Waals surface area contributed by atoms with Gasteiger partial charge in [0.2, 0.25) is 0 Å². The van der Waals surface area contributed by atoms with E-state index in [9.17, 15) is 9.59 Å². The van der Waals surface area contributed by atoms with E-state index in [-0.39, 0.29) is 24.5 Å². The molecular formula is C18H26N6O2. The normalized spacial score (nSPS) is 11.7. The van der Waals surface area contributed by atoms with Gasteiger partial charge in [-0.3, -0.25) is 4.79 Å². The van der Waals surface area contributed by atoms with Crippen molar-refractivity contribution in [2.24, 2.45) is 0 Å². The topological polar surface area (TPSA) is 101 Å². The van der Waals surface area contributed by atoms with E-state index in [4.69, 9.17) is 0 Å².